The first-order valence-electron chi connectivity index (χ1n) is 5.38. The molecule has 0 radical (unpaired) electrons. The maximum Gasteiger partial charge on any atom is 0.256 e. The molecule has 0 aliphatic heterocycles. The molecule has 0 saturated heterocycles. The predicted molar refractivity (Wildman–Crippen MR) is 72.6 cm³/mol. The van der Waals surface area contributed by atoms with Crippen LogP contribution in [0.2, 0.25) is 0 Å². The van der Waals surface area contributed by atoms with E-state index in [9.17, 15) is 4.79 Å². The average Bonchev–Trinajstić information content (AvgIpc) is 2.38. The molecule has 1 aromatic heterocycles. The zero-order chi connectivity index (χ0) is 13.0. The topological polar surface area (TPSA) is 69.9 Å². The van der Waals surface area contributed by atoms with Crippen LogP contribution in [0.4, 0.5) is 5.69 Å². The van der Waals surface area contributed by atoms with Gasteiger partial charge in [0.05, 0.1) is 12.7 Å². The summed E-state index contributed by atoms with van der Waals surface area (Å²) in [7, 11) is 1.62. The van der Waals surface area contributed by atoms with E-state index in [0.29, 0.717) is 16.9 Å². The van der Waals surface area contributed by atoms with Crippen LogP contribution in [0.25, 0.3) is 0 Å². The van der Waals surface area contributed by atoms with E-state index in [-0.39, 0.29) is 5.56 Å². The van der Waals surface area contributed by atoms with Gasteiger partial charge >= 0.3 is 0 Å². The molecule has 1 heterocycles. The molecule has 94 valence electrons. The lowest BCUT2D eigenvalue weighted by Crippen LogP contribution is -2.16. The first kappa shape index (κ1) is 12.4. The van der Waals surface area contributed by atoms with Crippen molar-refractivity contribution in [1.29, 1.82) is 0 Å². The van der Waals surface area contributed by atoms with Crippen molar-refractivity contribution in [3.63, 3.8) is 0 Å². The summed E-state index contributed by atoms with van der Waals surface area (Å²) in [5.41, 5.74) is 1.33. The molecule has 5 nitrogen and oxygen atoms in total. The van der Waals surface area contributed by atoms with Crippen molar-refractivity contribution in [3.05, 3.63) is 51.2 Å². The smallest absolute Gasteiger partial charge is 0.256 e. The highest BCUT2D eigenvalue weighted by Gasteiger charge is 1.99. The monoisotopic (exact) mass is 263 g/mol. The molecule has 0 aliphatic rings. The van der Waals surface area contributed by atoms with Gasteiger partial charge in [-0.3, -0.25) is 9.78 Å². The largest absolute Gasteiger partial charge is 0.497 e. The SMILES string of the molecule is COc1ccc(NCc2c[nH]c(=S)[nH]c2=O)cc1. The standard InChI is InChI=1S/C12H13N3O2S/c1-17-10-4-2-9(3-5-10)13-6-8-7-14-12(18)15-11(8)16/h2-5,7,13H,6H2,1H3,(H2,14,15,16,18). The van der Waals surface area contributed by atoms with Crippen molar-refractivity contribution in [2.75, 3.05) is 12.4 Å². The fourth-order valence-corrected chi connectivity index (χ4v) is 1.63. The Morgan fingerprint density at radius 2 is 2.06 bits per heavy atom. The van der Waals surface area contributed by atoms with E-state index in [1.807, 2.05) is 24.3 Å². The van der Waals surface area contributed by atoms with Crippen LogP contribution in [0.1, 0.15) is 5.56 Å². The predicted octanol–water partition coefficient (Wildman–Crippen LogP) is 2.05. The second kappa shape index (κ2) is 5.50. The van der Waals surface area contributed by atoms with Crippen molar-refractivity contribution < 1.29 is 4.74 Å². The summed E-state index contributed by atoms with van der Waals surface area (Å²) in [6, 6.07) is 7.48. The quantitative estimate of drug-likeness (QED) is 0.738. The van der Waals surface area contributed by atoms with E-state index in [1.54, 1.807) is 13.3 Å². The number of H-pyrrole nitrogens is 2. The zero-order valence-corrected chi connectivity index (χ0v) is 10.6. The molecule has 1 aromatic carbocycles. The number of aromatic nitrogens is 2. The molecule has 0 bridgehead atoms. The minimum atomic E-state index is -0.181. The first-order chi connectivity index (χ1) is 8.69. The lowest BCUT2D eigenvalue weighted by atomic mass is 10.2. The third-order valence-electron chi connectivity index (χ3n) is 2.47. The summed E-state index contributed by atoms with van der Waals surface area (Å²) in [5.74, 6) is 0.794. The van der Waals surface area contributed by atoms with E-state index < -0.39 is 0 Å². The first-order valence-corrected chi connectivity index (χ1v) is 5.78. The maximum absolute atomic E-state index is 11.6. The van der Waals surface area contributed by atoms with E-state index in [0.717, 1.165) is 11.4 Å². The van der Waals surface area contributed by atoms with Crippen molar-refractivity contribution in [2.45, 2.75) is 6.54 Å². The molecule has 0 amide bonds. The number of benzene rings is 1. The highest BCUT2D eigenvalue weighted by molar-refractivity contribution is 7.71. The van der Waals surface area contributed by atoms with Gasteiger partial charge in [0.15, 0.2) is 4.77 Å². The van der Waals surface area contributed by atoms with Gasteiger partial charge < -0.3 is 15.0 Å². The second-order valence-electron chi connectivity index (χ2n) is 3.68. The number of anilines is 1. The molecule has 0 aliphatic carbocycles. The third kappa shape index (κ3) is 2.98. The molecule has 0 saturated carbocycles. The molecular formula is C12H13N3O2S. The Hall–Kier alpha value is -2.08. The van der Waals surface area contributed by atoms with Crippen LogP contribution in [-0.2, 0) is 6.54 Å². The van der Waals surface area contributed by atoms with Crippen LogP contribution >= 0.6 is 12.2 Å². The van der Waals surface area contributed by atoms with Crippen LogP contribution in [0.3, 0.4) is 0 Å². The Morgan fingerprint density at radius 3 is 2.67 bits per heavy atom. The fraction of sp³-hybridized carbons (Fsp3) is 0.167. The molecule has 0 unspecified atom stereocenters. The van der Waals surface area contributed by atoms with Crippen molar-refractivity contribution in [1.82, 2.24) is 9.97 Å². The molecule has 0 spiro atoms. The number of methoxy groups -OCH3 is 1. The van der Waals surface area contributed by atoms with E-state index in [4.69, 9.17) is 17.0 Å². The molecule has 18 heavy (non-hydrogen) atoms. The molecular weight excluding hydrogens is 250 g/mol. The number of hydrogen-bond donors (Lipinski definition) is 3. The molecule has 2 rings (SSSR count). The Labute approximate surface area is 109 Å². The number of rotatable bonds is 4. The van der Waals surface area contributed by atoms with Crippen LogP contribution in [0.5, 0.6) is 5.75 Å². The van der Waals surface area contributed by atoms with E-state index in [2.05, 4.69) is 15.3 Å². The van der Waals surface area contributed by atoms with Gasteiger partial charge in [-0.1, -0.05) is 0 Å². The van der Waals surface area contributed by atoms with Crippen LogP contribution in [0.15, 0.2) is 35.3 Å². The Morgan fingerprint density at radius 1 is 1.33 bits per heavy atom. The van der Waals surface area contributed by atoms with Crippen molar-refractivity contribution in [2.24, 2.45) is 0 Å². The van der Waals surface area contributed by atoms with Crippen LogP contribution in [-0.4, -0.2) is 17.1 Å². The molecule has 0 atom stereocenters. The van der Waals surface area contributed by atoms with Gasteiger partial charge in [0.25, 0.3) is 5.56 Å². The minimum Gasteiger partial charge on any atom is -0.497 e. The summed E-state index contributed by atoms with van der Waals surface area (Å²) in [6.45, 7) is 0.424. The van der Waals surface area contributed by atoms with Gasteiger partial charge in [-0.05, 0) is 36.5 Å². The highest BCUT2D eigenvalue weighted by Crippen LogP contribution is 2.15. The van der Waals surface area contributed by atoms with Crippen LogP contribution < -0.4 is 15.6 Å². The summed E-state index contributed by atoms with van der Waals surface area (Å²) < 4.78 is 5.39. The van der Waals surface area contributed by atoms with Crippen molar-refractivity contribution in [3.8, 4) is 5.75 Å². The number of hydrogen-bond acceptors (Lipinski definition) is 4. The van der Waals surface area contributed by atoms with Crippen LogP contribution in [0, 0.1) is 4.77 Å². The molecule has 3 N–H and O–H groups in total. The average molecular weight is 263 g/mol. The minimum absolute atomic E-state index is 0.181. The van der Waals surface area contributed by atoms with E-state index >= 15 is 0 Å². The Kier molecular flexibility index (Phi) is 3.78. The van der Waals surface area contributed by atoms with Gasteiger partial charge in [-0.25, -0.2) is 0 Å². The Balaban J connectivity index is 2.06. The lowest BCUT2D eigenvalue weighted by Gasteiger charge is -2.06. The zero-order valence-electron chi connectivity index (χ0n) is 9.82. The Bertz CT molecular complexity index is 631. The van der Waals surface area contributed by atoms with Gasteiger partial charge in [0.1, 0.15) is 5.75 Å². The molecule has 6 heteroatoms. The van der Waals surface area contributed by atoms with E-state index in [1.165, 1.54) is 0 Å². The van der Waals surface area contributed by atoms with Gasteiger partial charge in [-0.15, -0.1) is 0 Å². The molecule has 2 aromatic rings. The number of aromatic amines is 2. The normalized spacial score (nSPS) is 10.1. The summed E-state index contributed by atoms with van der Waals surface area (Å²) in [5, 5.41) is 3.14. The fourth-order valence-electron chi connectivity index (χ4n) is 1.48. The second-order valence-corrected chi connectivity index (χ2v) is 4.09. The van der Waals surface area contributed by atoms with Gasteiger partial charge in [0.2, 0.25) is 0 Å². The van der Waals surface area contributed by atoms with Gasteiger partial charge in [0, 0.05) is 18.4 Å². The third-order valence-corrected chi connectivity index (χ3v) is 2.69. The summed E-state index contributed by atoms with van der Waals surface area (Å²) >= 11 is 4.82. The summed E-state index contributed by atoms with van der Waals surface area (Å²) in [6.07, 6.45) is 1.61. The van der Waals surface area contributed by atoms with Gasteiger partial charge in [-0.2, -0.15) is 0 Å². The highest BCUT2D eigenvalue weighted by atomic mass is 32.1. The maximum atomic E-state index is 11.6. The summed E-state index contributed by atoms with van der Waals surface area (Å²) in [4.78, 5) is 16.9. The molecule has 0 fully saturated rings. The lowest BCUT2D eigenvalue weighted by molar-refractivity contribution is 0.415. The van der Waals surface area contributed by atoms with Crippen molar-refractivity contribution >= 4 is 17.9 Å². The number of ether oxygens (including phenoxy) is 1. The number of nitrogens with one attached hydrogen (secondary N) is 3.